The molecule has 0 aliphatic rings. The van der Waals surface area contributed by atoms with Gasteiger partial charge in [0, 0.05) is 5.56 Å². The highest BCUT2D eigenvalue weighted by Gasteiger charge is 2.16. The summed E-state index contributed by atoms with van der Waals surface area (Å²) >= 11 is 11.8. The number of nitrogens with two attached hydrogens (primary N) is 1. The minimum atomic E-state index is -4.04. The minimum absolute atomic E-state index is 0.0359. The lowest BCUT2D eigenvalue weighted by molar-refractivity contribution is 0.0955. The fourth-order valence-electron chi connectivity index (χ4n) is 1.83. The smallest absolute Gasteiger partial charge is 0.267 e. The van der Waals surface area contributed by atoms with Crippen LogP contribution in [-0.4, -0.2) is 20.5 Å². The first-order chi connectivity index (χ1) is 11.8. The highest BCUT2D eigenvalue weighted by molar-refractivity contribution is 7.89. The molecule has 0 saturated carbocycles. The molecule has 0 fully saturated rings. The van der Waals surface area contributed by atoms with Gasteiger partial charge in [-0.3, -0.25) is 4.79 Å². The number of carbonyl (C=O) groups is 1. The Bertz CT molecular complexity index is 942. The van der Waals surface area contributed by atoms with Gasteiger partial charge in [0.2, 0.25) is 10.0 Å². The van der Waals surface area contributed by atoms with Crippen molar-refractivity contribution < 1.29 is 13.2 Å². The van der Waals surface area contributed by atoms with Gasteiger partial charge in [-0.25, -0.2) is 19.0 Å². The molecule has 0 radical (unpaired) electrons. The topological polar surface area (TPSA) is 102 Å². The van der Waals surface area contributed by atoms with E-state index in [1.54, 1.807) is 6.08 Å². The van der Waals surface area contributed by atoms with Crippen LogP contribution in [0.5, 0.6) is 0 Å². The van der Waals surface area contributed by atoms with Crippen LogP contribution in [0.2, 0.25) is 5.02 Å². The van der Waals surface area contributed by atoms with Crippen molar-refractivity contribution in [2.75, 3.05) is 0 Å². The molecular weight excluding hydrogens is 385 g/mol. The fourth-order valence-corrected chi connectivity index (χ4v) is 3.07. The fraction of sp³-hybridized carbons (Fsp3) is 0. The predicted molar refractivity (Wildman–Crippen MR) is 99.1 cm³/mol. The number of allylic oxidation sites excluding steroid dienone is 1. The number of benzene rings is 2. The largest absolute Gasteiger partial charge is 0.271 e. The van der Waals surface area contributed by atoms with E-state index in [1.165, 1.54) is 18.3 Å². The van der Waals surface area contributed by atoms with Crippen LogP contribution in [0.3, 0.4) is 0 Å². The molecule has 0 aliphatic heterocycles. The molecule has 9 heteroatoms. The van der Waals surface area contributed by atoms with Gasteiger partial charge in [0.05, 0.1) is 16.3 Å². The Labute approximate surface area is 155 Å². The van der Waals surface area contributed by atoms with Crippen molar-refractivity contribution in [3.63, 3.8) is 0 Å². The summed E-state index contributed by atoms with van der Waals surface area (Å²) in [5.41, 5.74) is 3.15. The third-order valence-electron chi connectivity index (χ3n) is 2.96. The maximum absolute atomic E-state index is 12.0. The average molecular weight is 398 g/mol. The third-order valence-corrected chi connectivity index (χ3v) is 4.56. The van der Waals surface area contributed by atoms with Crippen LogP contribution >= 0.6 is 23.2 Å². The summed E-state index contributed by atoms with van der Waals surface area (Å²) < 4.78 is 22.8. The van der Waals surface area contributed by atoms with Gasteiger partial charge in [0.1, 0.15) is 4.90 Å². The van der Waals surface area contributed by atoms with Crippen molar-refractivity contribution in [2.24, 2.45) is 10.2 Å². The van der Waals surface area contributed by atoms with Gasteiger partial charge in [-0.15, -0.1) is 0 Å². The zero-order valence-corrected chi connectivity index (χ0v) is 15.0. The second-order valence-corrected chi connectivity index (χ2v) is 7.20. The van der Waals surface area contributed by atoms with Crippen LogP contribution in [0.15, 0.2) is 63.6 Å². The summed E-state index contributed by atoms with van der Waals surface area (Å²) in [5, 5.41) is 8.99. The van der Waals surface area contributed by atoms with Gasteiger partial charge >= 0.3 is 0 Å². The standard InChI is InChI=1S/C16H13Cl2N3O3S/c17-13(8-11-4-2-1-3-5-11)10-20-21-16(22)12-6-7-14(18)15(9-12)25(19,23)24/h1-10H,(H,21,22)(H2,19,23,24)/b13-8-,20-10-. The van der Waals surface area contributed by atoms with E-state index in [0.29, 0.717) is 5.03 Å². The van der Waals surface area contributed by atoms with E-state index in [4.69, 9.17) is 28.3 Å². The van der Waals surface area contributed by atoms with Crippen LogP contribution < -0.4 is 10.6 Å². The maximum Gasteiger partial charge on any atom is 0.271 e. The first kappa shape index (κ1) is 19.1. The van der Waals surface area contributed by atoms with E-state index in [2.05, 4.69) is 10.5 Å². The molecule has 1 amide bonds. The maximum atomic E-state index is 12.0. The number of hydrogen-bond donors (Lipinski definition) is 2. The summed E-state index contributed by atoms with van der Waals surface area (Å²) in [5.74, 6) is -0.637. The van der Waals surface area contributed by atoms with Crippen LogP contribution in [0.25, 0.3) is 6.08 Å². The van der Waals surface area contributed by atoms with Crippen molar-refractivity contribution >= 4 is 51.4 Å². The molecule has 0 aromatic heterocycles. The first-order valence-electron chi connectivity index (χ1n) is 6.85. The van der Waals surface area contributed by atoms with Crippen molar-refractivity contribution in [2.45, 2.75) is 4.90 Å². The molecule has 0 atom stereocenters. The van der Waals surface area contributed by atoms with Crippen LogP contribution in [0, 0.1) is 0 Å². The molecule has 6 nitrogen and oxygen atoms in total. The summed E-state index contributed by atoms with van der Waals surface area (Å²) in [6.07, 6.45) is 2.92. The van der Waals surface area contributed by atoms with Crippen molar-refractivity contribution in [1.29, 1.82) is 0 Å². The average Bonchev–Trinajstić information content (AvgIpc) is 2.55. The number of sulfonamides is 1. The number of rotatable bonds is 5. The third kappa shape index (κ3) is 5.68. The molecule has 3 N–H and O–H groups in total. The molecule has 2 aromatic rings. The zero-order valence-electron chi connectivity index (χ0n) is 12.7. The molecule has 25 heavy (non-hydrogen) atoms. The highest BCUT2D eigenvalue weighted by atomic mass is 35.5. The van der Waals surface area contributed by atoms with E-state index >= 15 is 0 Å². The van der Waals surface area contributed by atoms with Gasteiger partial charge in [-0.1, -0.05) is 53.5 Å². The molecule has 0 heterocycles. The Balaban J connectivity index is 2.09. The van der Waals surface area contributed by atoms with E-state index in [1.807, 2.05) is 30.3 Å². The molecule has 130 valence electrons. The molecule has 0 bridgehead atoms. The SMILES string of the molecule is NS(=O)(=O)c1cc(C(=O)N/N=C\C(Cl)=C\c2ccccc2)ccc1Cl. The summed E-state index contributed by atoms with van der Waals surface area (Å²) in [6, 6.07) is 13.0. The van der Waals surface area contributed by atoms with Gasteiger partial charge < -0.3 is 0 Å². The molecule has 2 aromatic carbocycles. The van der Waals surface area contributed by atoms with E-state index in [9.17, 15) is 13.2 Å². The van der Waals surface area contributed by atoms with E-state index in [0.717, 1.165) is 11.6 Å². The lowest BCUT2D eigenvalue weighted by Gasteiger charge is -2.04. The Kier molecular flexibility index (Phi) is 6.33. The number of amides is 1. The Morgan fingerprint density at radius 3 is 2.48 bits per heavy atom. The van der Waals surface area contributed by atoms with Crippen LogP contribution in [0.4, 0.5) is 0 Å². The number of hydrogen-bond acceptors (Lipinski definition) is 4. The molecule has 0 spiro atoms. The number of nitrogens with zero attached hydrogens (tertiary/aromatic N) is 1. The molecule has 2 rings (SSSR count). The van der Waals surface area contributed by atoms with E-state index < -0.39 is 15.9 Å². The number of primary sulfonamides is 1. The Morgan fingerprint density at radius 2 is 1.84 bits per heavy atom. The van der Waals surface area contributed by atoms with Gasteiger partial charge in [0.15, 0.2) is 0 Å². The summed E-state index contributed by atoms with van der Waals surface area (Å²) in [6.45, 7) is 0. The lowest BCUT2D eigenvalue weighted by Crippen LogP contribution is -2.19. The second kappa shape index (κ2) is 8.26. The number of halogens is 2. The second-order valence-electron chi connectivity index (χ2n) is 4.83. The zero-order chi connectivity index (χ0) is 18.4. The Hall–Kier alpha value is -2.19. The molecule has 0 saturated heterocycles. The van der Waals surface area contributed by atoms with Crippen molar-refractivity contribution in [3.8, 4) is 0 Å². The highest BCUT2D eigenvalue weighted by Crippen LogP contribution is 2.21. The van der Waals surface area contributed by atoms with Crippen LogP contribution in [0.1, 0.15) is 15.9 Å². The van der Waals surface area contributed by atoms with Crippen molar-refractivity contribution in [3.05, 3.63) is 69.7 Å². The lowest BCUT2D eigenvalue weighted by atomic mass is 10.2. The van der Waals surface area contributed by atoms with Crippen molar-refractivity contribution in [1.82, 2.24) is 5.43 Å². The minimum Gasteiger partial charge on any atom is -0.267 e. The van der Waals surface area contributed by atoms with Gasteiger partial charge in [-0.2, -0.15) is 5.10 Å². The summed E-state index contributed by atoms with van der Waals surface area (Å²) in [4.78, 5) is 11.7. The van der Waals surface area contributed by atoms with Crippen LogP contribution in [-0.2, 0) is 10.0 Å². The Morgan fingerprint density at radius 1 is 1.16 bits per heavy atom. The van der Waals surface area contributed by atoms with Gasteiger partial charge in [-0.05, 0) is 29.8 Å². The normalized spacial score (nSPS) is 12.4. The molecule has 0 aliphatic carbocycles. The molecule has 0 unspecified atom stereocenters. The number of nitrogens with one attached hydrogen (secondary N) is 1. The quantitative estimate of drug-likeness (QED) is 0.598. The summed E-state index contributed by atoms with van der Waals surface area (Å²) in [7, 11) is -4.04. The molecular formula is C16H13Cl2N3O3S. The number of hydrazone groups is 1. The predicted octanol–water partition coefficient (Wildman–Crippen LogP) is 2.98. The van der Waals surface area contributed by atoms with E-state index in [-0.39, 0.29) is 15.5 Å². The van der Waals surface area contributed by atoms with Gasteiger partial charge in [0.25, 0.3) is 5.91 Å². The number of carbonyl (C=O) groups excluding carboxylic acids is 1. The first-order valence-corrected chi connectivity index (χ1v) is 9.15. The monoisotopic (exact) mass is 397 g/mol.